The third-order valence-electron chi connectivity index (χ3n) is 7.04. The van der Waals surface area contributed by atoms with Crippen LogP contribution in [0.5, 0.6) is 0 Å². The fourth-order valence-corrected chi connectivity index (χ4v) is 5.41. The molecule has 1 aliphatic carbocycles. The van der Waals surface area contributed by atoms with Crippen molar-refractivity contribution in [2.45, 2.75) is 64.0 Å². The molecule has 3 aliphatic rings. The van der Waals surface area contributed by atoms with E-state index in [-0.39, 0.29) is 24.7 Å². The highest BCUT2D eigenvalue weighted by Crippen LogP contribution is 2.43. The maximum atomic E-state index is 14.9. The maximum Gasteiger partial charge on any atom is 0.411 e. The molecule has 0 aromatic heterocycles. The van der Waals surface area contributed by atoms with Crippen molar-refractivity contribution in [1.29, 1.82) is 0 Å². The summed E-state index contributed by atoms with van der Waals surface area (Å²) in [6, 6.07) is 4.84. The molecule has 2 heterocycles. The summed E-state index contributed by atoms with van der Waals surface area (Å²) in [6.45, 7) is 3.91. The number of aliphatic hydroxyl groups is 1. The molecule has 1 saturated carbocycles. The summed E-state index contributed by atoms with van der Waals surface area (Å²) in [7, 11) is 0. The molecule has 1 atom stereocenters. The highest BCUT2D eigenvalue weighted by Gasteiger charge is 2.50. The fraction of sp³-hybridized carbons (Fsp3) is 0.652. The van der Waals surface area contributed by atoms with Crippen LogP contribution in [-0.2, 0) is 9.53 Å². The molecule has 170 valence electrons. The van der Waals surface area contributed by atoms with E-state index in [0.717, 1.165) is 51.5 Å². The Morgan fingerprint density at radius 3 is 2.74 bits per heavy atom. The van der Waals surface area contributed by atoms with Crippen LogP contribution in [0.3, 0.4) is 0 Å². The molecule has 1 aromatic carbocycles. The fourth-order valence-electron chi connectivity index (χ4n) is 5.41. The van der Waals surface area contributed by atoms with E-state index in [1.165, 1.54) is 6.07 Å². The summed E-state index contributed by atoms with van der Waals surface area (Å²) in [5, 5.41) is 12.3. The number of aliphatic hydroxyl groups excluding tert-OH is 1. The highest BCUT2D eigenvalue weighted by atomic mass is 19.1. The molecular weight excluding hydrogens is 401 g/mol. The molecule has 2 aliphatic heterocycles. The molecule has 1 aromatic rings. The minimum Gasteiger partial charge on any atom is -0.450 e. The van der Waals surface area contributed by atoms with Crippen LogP contribution >= 0.6 is 0 Å². The van der Waals surface area contributed by atoms with Crippen molar-refractivity contribution in [2.75, 3.05) is 36.5 Å². The van der Waals surface area contributed by atoms with Gasteiger partial charge in [-0.05, 0) is 70.1 Å². The highest BCUT2D eigenvalue weighted by molar-refractivity contribution is 5.87. The van der Waals surface area contributed by atoms with E-state index in [2.05, 4.69) is 5.32 Å². The van der Waals surface area contributed by atoms with Crippen LogP contribution in [0.1, 0.15) is 51.9 Å². The lowest BCUT2D eigenvalue weighted by Crippen LogP contribution is -2.50. The predicted molar refractivity (Wildman–Crippen MR) is 116 cm³/mol. The van der Waals surface area contributed by atoms with Gasteiger partial charge in [0, 0.05) is 31.4 Å². The van der Waals surface area contributed by atoms with E-state index in [4.69, 9.17) is 4.74 Å². The number of ether oxygens (including phenoxy) is 1. The number of hydrogen-bond donors (Lipinski definition) is 2. The molecule has 4 rings (SSSR count). The first-order chi connectivity index (χ1) is 14.9. The normalized spacial score (nSPS) is 28.8. The van der Waals surface area contributed by atoms with Crippen molar-refractivity contribution in [3.63, 3.8) is 0 Å². The second kappa shape index (κ2) is 9.02. The van der Waals surface area contributed by atoms with Gasteiger partial charge in [-0.2, -0.15) is 0 Å². The van der Waals surface area contributed by atoms with Gasteiger partial charge in [0.25, 0.3) is 0 Å². The number of piperidine rings is 1. The van der Waals surface area contributed by atoms with Gasteiger partial charge in [-0.25, -0.2) is 9.18 Å². The van der Waals surface area contributed by atoms with Gasteiger partial charge in [-0.15, -0.1) is 0 Å². The summed E-state index contributed by atoms with van der Waals surface area (Å²) in [6.07, 6.45) is 4.84. The Hall–Kier alpha value is -2.35. The van der Waals surface area contributed by atoms with Crippen LogP contribution in [-0.4, -0.2) is 60.4 Å². The largest absolute Gasteiger partial charge is 0.450 e. The monoisotopic (exact) mass is 433 g/mol. The molecule has 0 bridgehead atoms. The van der Waals surface area contributed by atoms with Gasteiger partial charge in [-0.1, -0.05) is 0 Å². The lowest BCUT2D eigenvalue weighted by Gasteiger charge is -2.41. The van der Waals surface area contributed by atoms with Crippen LogP contribution in [0, 0.1) is 11.2 Å². The van der Waals surface area contributed by atoms with Crippen LogP contribution in [0.2, 0.25) is 0 Å². The van der Waals surface area contributed by atoms with E-state index in [0.29, 0.717) is 24.5 Å². The molecule has 1 spiro atoms. The molecule has 2 N–H and O–H groups in total. The lowest BCUT2D eigenvalue weighted by molar-refractivity contribution is -0.139. The predicted octanol–water partition coefficient (Wildman–Crippen LogP) is 3.52. The van der Waals surface area contributed by atoms with Crippen LogP contribution in [0.4, 0.5) is 20.6 Å². The topological polar surface area (TPSA) is 82.1 Å². The summed E-state index contributed by atoms with van der Waals surface area (Å²) in [4.78, 5) is 29.0. The van der Waals surface area contributed by atoms with Gasteiger partial charge in [0.15, 0.2) is 0 Å². The molecule has 0 radical (unpaired) electrons. The summed E-state index contributed by atoms with van der Waals surface area (Å²) in [5.74, 6) is -0.227. The zero-order valence-corrected chi connectivity index (χ0v) is 18.1. The number of anilines is 2. The van der Waals surface area contributed by atoms with Crippen LogP contribution in [0.25, 0.3) is 0 Å². The van der Waals surface area contributed by atoms with E-state index >= 15 is 0 Å². The zero-order chi connectivity index (χ0) is 22.0. The van der Waals surface area contributed by atoms with Crippen molar-refractivity contribution < 1.29 is 23.8 Å². The number of benzene rings is 1. The Labute approximate surface area is 182 Å². The van der Waals surface area contributed by atoms with Gasteiger partial charge >= 0.3 is 6.09 Å². The molecule has 0 unspecified atom stereocenters. The average Bonchev–Trinajstić information content (AvgIpc) is 3.04. The van der Waals surface area contributed by atoms with Gasteiger partial charge < -0.3 is 19.6 Å². The number of likely N-dealkylation sites (tertiary alicyclic amines) is 1. The van der Waals surface area contributed by atoms with Crippen molar-refractivity contribution in [2.24, 2.45) is 5.41 Å². The second-order valence-electron chi connectivity index (χ2n) is 9.03. The summed E-state index contributed by atoms with van der Waals surface area (Å²) in [5.41, 5.74) is 0.345. The van der Waals surface area contributed by atoms with Gasteiger partial charge in [0.05, 0.1) is 23.8 Å². The van der Waals surface area contributed by atoms with Crippen molar-refractivity contribution in [3.05, 3.63) is 24.0 Å². The number of halogens is 1. The number of hydrogen-bond acceptors (Lipinski definition) is 5. The molecular formula is C23H32FN3O4. The Morgan fingerprint density at radius 2 is 2.03 bits per heavy atom. The Bertz CT molecular complexity index is 827. The smallest absolute Gasteiger partial charge is 0.411 e. The van der Waals surface area contributed by atoms with Crippen LogP contribution in [0.15, 0.2) is 18.2 Å². The van der Waals surface area contributed by atoms with Crippen molar-refractivity contribution in [3.8, 4) is 0 Å². The number of carbonyl (C=O) groups excluding carboxylic acids is 2. The van der Waals surface area contributed by atoms with Gasteiger partial charge in [-0.3, -0.25) is 10.1 Å². The molecule has 7 nitrogen and oxygen atoms in total. The van der Waals surface area contributed by atoms with Crippen molar-refractivity contribution >= 4 is 23.4 Å². The third kappa shape index (κ3) is 4.49. The first-order valence-electron chi connectivity index (χ1n) is 11.4. The summed E-state index contributed by atoms with van der Waals surface area (Å²) < 4.78 is 19.7. The number of amides is 2. The SMILES string of the molecule is CCOC(=O)Nc1ccc(N2CCC[C@]3(CCN(C4CCC(O)CC4)C3=O)C2)c(F)c1. The minimum atomic E-state index is -0.613. The Balaban J connectivity index is 1.45. The van der Waals surface area contributed by atoms with E-state index in [9.17, 15) is 19.1 Å². The quantitative estimate of drug-likeness (QED) is 0.759. The first kappa shape index (κ1) is 21.9. The maximum absolute atomic E-state index is 14.9. The number of nitrogens with one attached hydrogen (secondary N) is 1. The molecule has 2 amide bonds. The standard InChI is InChI=1S/C23H32FN3O4/c1-2-31-22(30)25-16-4-9-20(19(24)14-16)26-12-3-10-23(15-26)11-13-27(21(23)29)17-5-7-18(28)8-6-17/h4,9,14,17-18,28H,2-3,5-8,10-13,15H2,1H3,(H,25,30)/t17?,18?,23-/m0/s1. The van der Waals surface area contributed by atoms with Gasteiger partial charge in [0.1, 0.15) is 5.82 Å². The average molecular weight is 434 g/mol. The third-order valence-corrected chi connectivity index (χ3v) is 7.04. The molecule has 31 heavy (non-hydrogen) atoms. The molecule has 8 heteroatoms. The van der Waals surface area contributed by atoms with Gasteiger partial charge in [0.2, 0.25) is 5.91 Å². The number of rotatable bonds is 4. The Kier molecular flexibility index (Phi) is 6.36. The Morgan fingerprint density at radius 1 is 1.26 bits per heavy atom. The van der Waals surface area contributed by atoms with E-state index in [1.54, 1.807) is 19.1 Å². The van der Waals surface area contributed by atoms with Crippen molar-refractivity contribution in [1.82, 2.24) is 4.90 Å². The lowest BCUT2D eigenvalue weighted by atomic mass is 9.78. The second-order valence-corrected chi connectivity index (χ2v) is 9.03. The molecule has 2 saturated heterocycles. The minimum absolute atomic E-state index is 0.194. The van der Waals surface area contributed by atoms with E-state index in [1.807, 2.05) is 9.80 Å². The van der Waals surface area contributed by atoms with Crippen LogP contribution < -0.4 is 10.2 Å². The van der Waals surface area contributed by atoms with E-state index < -0.39 is 17.3 Å². The first-order valence-corrected chi connectivity index (χ1v) is 11.4. The number of carbonyl (C=O) groups is 2. The number of nitrogens with zero attached hydrogens (tertiary/aromatic N) is 2. The zero-order valence-electron chi connectivity index (χ0n) is 18.1. The molecule has 3 fully saturated rings. The summed E-state index contributed by atoms with van der Waals surface area (Å²) >= 11 is 0.